The normalized spacial score (nSPS) is 17.8. The Morgan fingerprint density at radius 3 is 2.86 bits per heavy atom. The molecule has 2 aromatic heterocycles. The van der Waals surface area contributed by atoms with E-state index < -0.39 is 0 Å². The van der Waals surface area contributed by atoms with Crippen LogP contribution in [0.2, 0.25) is 0 Å². The molecule has 120 valence electrons. The van der Waals surface area contributed by atoms with Crippen molar-refractivity contribution >= 4 is 27.5 Å². The quantitative estimate of drug-likeness (QED) is 0.909. The summed E-state index contributed by atoms with van der Waals surface area (Å²) in [6.45, 7) is 2.49. The minimum Gasteiger partial charge on any atom is -0.347 e. The number of carbonyl (C=O) groups excluding carboxylic acids is 1. The molecule has 0 aliphatic heterocycles. The topological polar surface area (TPSA) is 72.9 Å². The van der Waals surface area contributed by atoms with Crippen LogP contribution in [0.4, 0.5) is 0 Å². The summed E-state index contributed by atoms with van der Waals surface area (Å²) in [5.74, 6) is 0.530. The Hall–Kier alpha value is -1.40. The Morgan fingerprint density at radius 1 is 1.50 bits per heavy atom. The molecule has 1 unspecified atom stereocenters. The van der Waals surface area contributed by atoms with Crippen molar-refractivity contribution in [1.82, 2.24) is 15.1 Å². The minimum absolute atomic E-state index is 0.00150. The maximum absolute atomic E-state index is 12.6. The van der Waals surface area contributed by atoms with E-state index in [1.54, 1.807) is 0 Å². The van der Waals surface area contributed by atoms with Gasteiger partial charge in [0.05, 0.1) is 10.6 Å². The summed E-state index contributed by atoms with van der Waals surface area (Å²) in [4.78, 5) is 14.4. The van der Waals surface area contributed by atoms with E-state index in [4.69, 9.17) is 5.73 Å². The number of thiophene rings is 1. The van der Waals surface area contributed by atoms with Crippen molar-refractivity contribution in [2.24, 2.45) is 18.7 Å². The van der Waals surface area contributed by atoms with Crippen LogP contribution in [-0.2, 0) is 7.05 Å². The number of nitrogens with one attached hydrogen (secondary N) is 1. The van der Waals surface area contributed by atoms with Gasteiger partial charge < -0.3 is 11.1 Å². The fourth-order valence-electron chi connectivity index (χ4n) is 3.46. The van der Waals surface area contributed by atoms with E-state index in [2.05, 4.69) is 10.4 Å². The van der Waals surface area contributed by atoms with Gasteiger partial charge in [0.25, 0.3) is 5.91 Å². The molecule has 3 N–H and O–H groups in total. The molecule has 1 saturated carbocycles. The lowest BCUT2D eigenvalue weighted by molar-refractivity contribution is 0.0920. The zero-order valence-electron chi connectivity index (χ0n) is 13.3. The van der Waals surface area contributed by atoms with Crippen LogP contribution < -0.4 is 11.1 Å². The Morgan fingerprint density at radius 2 is 2.23 bits per heavy atom. The maximum atomic E-state index is 12.6. The van der Waals surface area contributed by atoms with E-state index in [1.165, 1.54) is 43.4 Å². The van der Waals surface area contributed by atoms with E-state index in [1.807, 2.05) is 24.7 Å². The van der Waals surface area contributed by atoms with E-state index in [-0.39, 0.29) is 11.9 Å². The van der Waals surface area contributed by atoms with Gasteiger partial charge in [-0.25, -0.2) is 0 Å². The molecule has 1 atom stereocenters. The first kappa shape index (κ1) is 15.5. The van der Waals surface area contributed by atoms with Gasteiger partial charge in [-0.05, 0) is 31.7 Å². The zero-order valence-corrected chi connectivity index (χ0v) is 14.1. The molecule has 2 heterocycles. The van der Waals surface area contributed by atoms with Crippen molar-refractivity contribution < 1.29 is 4.79 Å². The third-order valence-corrected chi connectivity index (χ3v) is 5.91. The lowest BCUT2D eigenvalue weighted by Crippen LogP contribution is -2.45. The highest BCUT2D eigenvalue weighted by atomic mass is 32.1. The largest absolute Gasteiger partial charge is 0.347 e. The molecule has 1 aliphatic rings. The molecule has 0 radical (unpaired) electrons. The number of nitrogens with two attached hydrogens (primary N) is 1. The van der Waals surface area contributed by atoms with Crippen molar-refractivity contribution in [2.75, 3.05) is 6.54 Å². The fraction of sp³-hybridized carbons (Fsp3) is 0.625. The monoisotopic (exact) mass is 320 g/mol. The Balaban J connectivity index is 1.75. The molecule has 1 aliphatic carbocycles. The molecule has 6 heteroatoms. The first-order valence-electron chi connectivity index (χ1n) is 8.04. The number of carbonyl (C=O) groups is 1. The number of hydrogen-bond acceptors (Lipinski definition) is 4. The average molecular weight is 320 g/mol. The number of amides is 1. The third kappa shape index (κ3) is 2.90. The first-order valence-corrected chi connectivity index (χ1v) is 8.86. The van der Waals surface area contributed by atoms with Crippen molar-refractivity contribution in [1.29, 1.82) is 0 Å². The van der Waals surface area contributed by atoms with Crippen LogP contribution in [0.15, 0.2) is 6.07 Å². The number of aromatic nitrogens is 2. The number of fused-ring (bicyclic) bond motifs is 1. The molecule has 3 rings (SSSR count). The van der Waals surface area contributed by atoms with Gasteiger partial charge in [0.15, 0.2) is 0 Å². The van der Waals surface area contributed by atoms with Crippen LogP contribution in [0.25, 0.3) is 10.2 Å². The molecule has 22 heavy (non-hydrogen) atoms. The molecule has 1 fully saturated rings. The molecular formula is C16H24N4OS. The summed E-state index contributed by atoms with van der Waals surface area (Å²) in [5.41, 5.74) is 6.88. The number of hydrogen-bond donors (Lipinski definition) is 2. The summed E-state index contributed by atoms with van der Waals surface area (Å²) >= 11 is 1.50. The smallest absolute Gasteiger partial charge is 0.261 e. The van der Waals surface area contributed by atoms with E-state index >= 15 is 0 Å². The van der Waals surface area contributed by atoms with Crippen LogP contribution in [-0.4, -0.2) is 28.3 Å². The van der Waals surface area contributed by atoms with Crippen molar-refractivity contribution in [2.45, 2.75) is 45.1 Å². The van der Waals surface area contributed by atoms with E-state index in [0.717, 1.165) is 20.8 Å². The van der Waals surface area contributed by atoms with Gasteiger partial charge in [0.2, 0.25) is 0 Å². The van der Waals surface area contributed by atoms with Gasteiger partial charge in [-0.1, -0.05) is 19.3 Å². The number of aryl methyl sites for hydroxylation is 2. The van der Waals surface area contributed by atoms with Crippen LogP contribution in [0.3, 0.4) is 0 Å². The Bertz CT molecular complexity index is 635. The van der Waals surface area contributed by atoms with Gasteiger partial charge in [-0.15, -0.1) is 11.3 Å². The van der Waals surface area contributed by atoms with Gasteiger partial charge in [0, 0.05) is 25.0 Å². The van der Waals surface area contributed by atoms with Gasteiger partial charge in [-0.3, -0.25) is 9.48 Å². The molecule has 0 aromatic carbocycles. The lowest BCUT2D eigenvalue weighted by Gasteiger charge is -2.29. The third-order valence-electron chi connectivity index (χ3n) is 4.71. The highest BCUT2D eigenvalue weighted by Gasteiger charge is 2.25. The zero-order chi connectivity index (χ0) is 15.7. The maximum Gasteiger partial charge on any atom is 0.261 e. The number of rotatable bonds is 4. The molecule has 5 nitrogen and oxygen atoms in total. The summed E-state index contributed by atoms with van der Waals surface area (Å²) in [6, 6.07) is 2.05. The van der Waals surface area contributed by atoms with Crippen LogP contribution in [0, 0.1) is 12.8 Å². The summed E-state index contributed by atoms with van der Waals surface area (Å²) in [7, 11) is 1.91. The summed E-state index contributed by atoms with van der Waals surface area (Å²) < 4.78 is 1.84. The van der Waals surface area contributed by atoms with Gasteiger partial charge in [-0.2, -0.15) is 5.10 Å². The molecule has 0 bridgehead atoms. The highest BCUT2D eigenvalue weighted by molar-refractivity contribution is 7.20. The second-order valence-electron chi connectivity index (χ2n) is 6.25. The first-order chi connectivity index (χ1) is 10.6. The minimum atomic E-state index is 0.00150. The Labute approximate surface area is 134 Å². The molecule has 1 amide bonds. The number of nitrogens with zero attached hydrogens (tertiary/aromatic N) is 2. The van der Waals surface area contributed by atoms with Crippen LogP contribution >= 0.6 is 11.3 Å². The highest BCUT2D eigenvalue weighted by Crippen LogP contribution is 2.29. The second-order valence-corrected chi connectivity index (χ2v) is 7.28. The summed E-state index contributed by atoms with van der Waals surface area (Å²) in [6.07, 6.45) is 6.18. The van der Waals surface area contributed by atoms with Gasteiger partial charge in [0.1, 0.15) is 4.83 Å². The second kappa shape index (κ2) is 6.38. The van der Waals surface area contributed by atoms with Gasteiger partial charge >= 0.3 is 0 Å². The predicted molar refractivity (Wildman–Crippen MR) is 90.2 cm³/mol. The lowest BCUT2D eigenvalue weighted by atomic mass is 9.84. The predicted octanol–water partition coefficient (Wildman–Crippen LogP) is 2.58. The van der Waals surface area contributed by atoms with Crippen LogP contribution in [0.1, 0.15) is 47.5 Å². The van der Waals surface area contributed by atoms with Crippen molar-refractivity contribution in [3.05, 3.63) is 16.6 Å². The summed E-state index contributed by atoms with van der Waals surface area (Å²) in [5, 5.41) is 8.60. The van der Waals surface area contributed by atoms with Crippen molar-refractivity contribution in [3.8, 4) is 0 Å². The van der Waals surface area contributed by atoms with E-state index in [9.17, 15) is 4.79 Å². The molecule has 0 saturated heterocycles. The molecular weight excluding hydrogens is 296 g/mol. The molecule has 0 spiro atoms. The van der Waals surface area contributed by atoms with E-state index in [0.29, 0.717) is 12.5 Å². The molecule has 2 aromatic rings. The van der Waals surface area contributed by atoms with Crippen molar-refractivity contribution in [3.63, 3.8) is 0 Å². The SMILES string of the molecule is Cc1nn(C)c2sc(C(=O)NC(CN)C3CCCCC3)cc12. The average Bonchev–Trinajstić information content (AvgIpc) is 3.08. The fourth-order valence-corrected chi connectivity index (χ4v) is 4.49. The Kier molecular flexibility index (Phi) is 4.49. The standard InChI is InChI=1S/C16H24N4OS/c1-10-12-8-14(22-16(12)20(2)19-10)15(21)18-13(9-17)11-6-4-3-5-7-11/h8,11,13H,3-7,9,17H2,1-2H3,(H,18,21). The van der Waals surface area contributed by atoms with Crippen LogP contribution in [0.5, 0.6) is 0 Å².